The fraction of sp³-hybridized carbons (Fsp3) is 1.00. The van der Waals surface area contributed by atoms with Gasteiger partial charge in [0.25, 0.3) is 0 Å². The van der Waals surface area contributed by atoms with Gasteiger partial charge in [0.1, 0.15) is 0 Å². The minimum absolute atomic E-state index is 0.139. The summed E-state index contributed by atoms with van der Waals surface area (Å²) in [6.45, 7) is 0. The Morgan fingerprint density at radius 2 is 1.58 bits per heavy atom. The lowest BCUT2D eigenvalue weighted by atomic mass is 9.99. The van der Waals surface area contributed by atoms with E-state index >= 15 is 0 Å². The van der Waals surface area contributed by atoms with E-state index < -0.39 is 9.84 Å². The molecular weight excluding hydrogens is 176 g/mol. The molecule has 2 heterocycles. The van der Waals surface area contributed by atoms with E-state index in [4.69, 9.17) is 0 Å². The number of hydrogen-bond donors (Lipinski definition) is 1. The number of fused-ring (bicyclic) bond motifs is 2. The van der Waals surface area contributed by atoms with Gasteiger partial charge in [0, 0.05) is 0 Å². The third-order valence-corrected chi connectivity index (χ3v) is 5.85. The summed E-state index contributed by atoms with van der Waals surface area (Å²) in [5.74, 6) is 0. The van der Waals surface area contributed by atoms with Crippen LogP contribution < -0.4 is 0 Å². The molecule has 3 atom stereocenters. The van der Waals surface area contributed by atoms with Gasteiger partial charge in [-0.15, -0.1) is 0 Å². The van der Waals surface area contributed by atoms with Crippen LogP contribution in [0.4, 0.5) is 0 Å². The minimum atomic E-state index is -2.86. The van der Waals surface area contributed by atoms with Gasteiger partial charge < -0.3 is 5.11 Å². The molecule has 3 nitrogen and oxygen atoms in total. The Morgan fingerprint density at radius 3 is 2.33 bits per heavy atom. The van der Waals surface area contributed by atoms with Crippen LogP contribution in [-0.2, 0) is 9.84 Å². The Bertz CT molecular complexity index is 270. The maximum Gasteiger partial charge on any atom is 0.156 e. The lowest BCUT2D eigenvalue weighted by molar-refractivity contribution is 0.148. The van der Waals surface area contributed by atoms with Crippen molar-refractivity contribution in [1.82, 2.24) is 0 Å². The van der Waals surface area contributed by atoms with Gasteiger partial charge in [0.05, 0.1) is 16.6 Å². The number of aliphatic hydroxyl groups is 1. The fourth-order valence-corrected chi connectivity index (χ4v) is 4.76. The molecule has 2 aliphatic rings. The average Bonchev–Trinajstić information content (AvgIpc) is 2.15. The van der Waals surface area contributed by atoms with Crippen LogP contribution in [0.3, 0.4) is 0 Å². The molecule has 2 fully saturated rings. The third kappa shape index (κ3) is 1.17. The molecule has 0 aliphatic carbocycles. The van der Waals surface area contributed by atoms with E-state index in [0.717, 1.165) is 12.8 Å². The zero-order valence-electron chi connectivity index (χ0n) is 6.94. The Hall–Kier alpha value is -0.0900. The van der Waals surface area contributed by atoms with Gasteiger partial charge in [-0.3, -0.25) is 0 Å². The van der Waals surface area contributed by atoms with Crippen molar-refractivity contribution in [3.05, 3.63) is 0 Å². The highest BCUT2D eigenvalue weighted by Crippen LogP contribution is 2.36. The fourth-order valence-electron chi connectivity index (χ4n) is 2.33. The monoisotopic (exact) mass is 190 g/mol. The van der Waals surface area contributed by atoms with Gasteiger partial charge in [-0.2, -0.15) is 0 Å². The molecule has 0 aromatic rings. The van der Waals surface area contributed by atoms with Crippen molar-refractivity contribution < 1.29 is 13.5 Å². The van der Waals surface area contributed by atoms with Gasteiger partial charge in [0.2, 0.25) is 0 Å². The van der Waals surface area contributed by atoms with E-state index in [-0.39, 0.29) is 16.6 Å². The molecule has 0 aromatic heterocycles. The van der Waals surface area contributed by atoms with Crippen LogP contribution in [0.1, 0.15) is 32.1 Å². The first-order valence-electron chi connectivity index (χ1n) is 4.51. The predicted molar refractivity (Wildman–Crippen MR) is 45.6 cm³/mol. The molecule has 2 bridgehead atoms. The summed E-state index contributed by atoms with van der Waals surface area (Å²) in [5, 5.41) is 9.00. The number of aliphatic hydroxyl groups excluding tert-OH is 1. The third-order valence-electron chi connectivity index (χ3n) is 3.10. The average molecular weight is 190 g/mol. The molecule has 0 amide bonds. The van der Waals surface area contributed by atoms with Crippen molar-refractivity contribution in [3.63, 3.8) is 0 Å². The summed E-state index contributed by atoms with van der Waals surface area (Å²) in [5.41, 5.74) is 0. The molecule has 12 heavy (non-hydrogen) atoms. The zero-order chi connectivity index (χ0) is 8.77. The second-order valence-corrected chi connectivity index (χ2v) is 6.39. The Kier molecular flexibility index (Phi) is 1.92. The molecule has 1 N–H and O–H groups in total. The standard InChI is InChI=1S/C8H14O3S/c9-6-1-2-7-3-4-8(5-6)12(7,10)11/h6-9H,1-5H2. The maximum absolute atomic E-state index is 11.6. The van der Waals surface area contributed by atoms with Gasteiger partial charge >= 0.3 is 0 Å². The summed E-state index contributed by atoms with van der Waals surface area (Å²) in [6, 6.07) is 0. The van der Waals surface area contributed by atoms with Gasteiger partial charge in [-0.25, -0.2) is 8.42 Å². The lowest BCUT2D eigenvalue weighted by Crippen LogP contribution is -2.21. The molecule has 0 radical (unpaired) electrons. The molecule has 0 spiro atoms. The molecule has 2 saturated heterocycles. The van der Waals surface area contributed by atoms with Crippen LogP contribution in [0.2, 0.25) is 0 Å². The summed E-state index contributed by atoms with van der Waals surface area (Å²) in [4.78, 5) is 0. The highest BCUT2D eigenvalue weighted by molar-refractivity contribution is 7.92. The molecule has 2 aliphatic heterocycles. The molecule has 0 aromatic carbocycles. The van der Waals surface area contributed by atoms with E-state index in [0.29, 0.717) is 19.3 Å². The van der Waals surface area contributed by atoms with Crippen LogP contribution in [0, 0.1) is 0 Å². The topological polar surface area (TPSA) is 54.4 Å². The van der Waals surface area contributed by atoms with E-state index in [1.54, 1.807) is 0 Å². The van der Waals surface area contributed by atoms with Crippen LogP contribution in [0.5, 0.6) is 0 Å². The second kappa shape index (κ2) is 2.70. The largest absolute Gasteiger partial charge is 0.393 e. The first-order chi connectivity index (χ1) is 5.60. The zero-order valence-corrected chi connectivity index (χ0v) is 7.76. The van der Waals surface area contributed by atoms with Crippen molar-refractivity contribution in [3.8, 4) is 0 Å². The quantitative estimate of drug-likeness (QED) is 0.604. The summed E-state index contributed by atoms with van der Waals surface area (Å²) in [6.07, 6.45) is 3.01. The molecule has 3 unspecified atom stereocenters. The summed E-state index contributed by atoms with van der Waals surface area (Å²) in [7, 11) is -2.86. The summed E-state index contributed by atoms with van der Waals surface area (Å²) < 4.78 is 23.3. The molecule has 70 valence electrons. The molecular formula is C8H14O3S. The van der Waals surface area contributed by atoms with Crippen LogP contribution in [0.25, 0.3) is 0 Å². The van der Waals surface area contributed by atoms with Crippen molar-refractivity contribution >= 4 is 9.84 Å². The number of hydrogen-bond acceptors (Lipinski definition) is 3. The summed E-state index contributed by atoms with van der Waals surface area (Å²) >= 11 is 0. The second-order valence-electron chi connectivity index (χ2n) is 3.88. The Labute approximate surface area is 72.7 Å². The lowest BCUT2D eigenvalue weighted by Gasteiger charge is -2.11. The first kappa shape index (κ1) is 8.51. The maximum atomic E-state index is 11.6. The SMILES string of the molecule is O=S1(=O)C2CCC(O)CC1CC2. The molecule has 2 rings (SSSR count). The smallest absolute Gasteiger partial charge is 0.156 e. The predicted octanol–water partition coefficient (Wildman–Crippen LogP) is 0.477. The highest BCUT2D eigenvalue weighted by Gasteiger charge is 2.43. The van der Waals surface area contributed by atoms with E-state index in [1.165, 1.54) is 0 Å². The molecule has 4 heteroatoms. The Morgan fingerprint density at radius 1 is 1.00 bits per heavy atom. The van der Waals surface area contributed by atoms with Crippen LogP contribution >= 0.6 is 0 Å². The van der Waals surface area contributed by atoms with E-state index in [9.17, 15) is 13.5 Å². The van der Waals surface area contributed by atoms with Crippen LogP contribution in [0.15, 0.2) is 0 Å². The van der Waals surface area contributed by atoms with Crippen molar-refractivity contribution in [2.75, 3.05) is 0 Å². The van der Waals surface area contributed by atoms with Gasteiger partial charge in [-0.1, -0.05) is 0 Å². The minimum Gasteiger partial charge on any atom is -0.393 e. The van der Waals surface area contributed by atoms with Crippen LogP contribution in [-0.4, -0.2) is 30.1 Å². The van der Waals surface area contributed by atoms with Crippen molar-refractivity contribution in [1.29, 1.82) is 0 Å². The highest BCUT2D eigenvalue weighted by atomic mass is 32.2. The van der Waals surface area contributed by atoms with E-state index in [1.807, 2.05) is 0 Å². The normalized spacial score (nSPS) is 45.6. The van der Waals surface area contributed by atoms with E-state index in [2.05, 4.69) is 0 Å². The van der Waals surface area contributed by atoms with Crippen molar-refractivity contribution in [2.45, 2.75) is 48.7 Å². The Balaban J connectivity index is 2.30. The number of rotatable bonds is 0. The first-order valence-corrected chi connectivity index (χ1v) is 6.12. The van der Waals surface area contributed by atoms with Gasteiger partial charge in [0.15, 0.2) is 9.84 Å². The number of sulfone groups is 1. The van der Waals surface area contributed by atoms with Crippen molar-refractivity contribution in [2.24, 2.45) is 0 Å². The van der Waals surface area contributed by atoms with Gasteiger partial charge in [-0.05, 0) is 32.1 Å². The molecule has 0 saturated carbocycles.